The lowest BCUT2D eigenvalue weighted by Gasteiger charge is -2.07. The van der Waals surface area contributed by atoms with Gasteiger partial charge in [0.2, 0.25) is 11.1 Å². The van der Waals surface area contributed by atoms with Crippen LogP contribution < -0.4 is 14.8 Å². The van der Waals surface area contributed by atoms with Crippen molar-refractivity contribution >= 4 is 35.5 Å². The van der Waals surface area contributed by atoms with E-state index in [9.17, 15) is 4.79 Å². The van der Waals surface area contributed by atoms with Crippen molar-refractivity contribution < 1.29 is 14.3 Å². The number of H-pyrrole nitrogens is 1. The summed E-state index contributed by atoms with van der Waals surface area (Å²) in [6.45, 7) is 0. The van der Waals surface area contributed by atoms with Crippen LogP contribution in [0.4, 0.5) is 5.69 Å². The fourth-order valence-electron chi connectivity index (χ4n) is 2.38. The predicted octanol–water partition coefficient (Wildman–Crippen LogP) is 3.72. The molecule has 0 spiro atoms. The molecule has 1 heterocycles. The van der Waals surface area contributed by atoms with Crippen molar-refractivity contribution in [3.8, 4) is 11.5 Å². The number of nitrogens with one attached hydrogen (secondary N) is 2. The molecule has 0 atom stereocenters. The number of carbonyl (C=O) groups is 1. The lowest BCUT2D eigenvalue weighted by atomic mass is 10.2. The largest absolute Gasteiger partial charge is 0.493 e. The van der Waals surface area contributed by atoms with Crippen LogP contribution in [-0.2, 0) is 4.79 Å². The number of rotatable bonds is 8. The SMILES string of the molecule is COc1ccc(/C=C/c2nc(SCC(=O)Nc3ccccc3)n[nH]2)cc1OC. The third-order valence-corrected chi connectivity index (χ3v) is 4.56. The number of thioether (sulfide) groups is 1. The van der Waals surface area contributed by atoms with Gasteiger partial charge in [0.05, 0.1) is 20.0 Å². The summed E-state index contributed by atoms with van der Waals surface area (Å²) >= 11 is 1.27. The topological polar surface area (TPSA) is 89.1 Å². The third-order valence-electron chi connectivity index (χ3n) is 3.71. The second-order valence-electron chi connectivity index (χ2n) is 5.65. The first-order valence-corrected chi connectivity index (χ1v) is 9.46. The van der Waals surface area contributed by atoms with Gasteiger partial charge in [-0.05, 0) is 35.9 Å². The van der Waals surface area contributed by atoms with Gasteiger partial charge >= 0.3 is 0 Å². The Bertz CT molecular complexity index is 957. The number of aromatic amines is 1. The minimum atomic E-state index is -0.108. The summed E-state index contributed by atoms with van der Waals surface area (Å²) in [5.74, 6) is 2.05. The molecule has 2 aromatic carbocycles. The lowest BCUT2D eigenvalue weighted by Crippen LogP contribution is -2.13. The number of nitrogens with zero attached hydrogens (tertiary/aromatic N) is 2. The van der Waals surface area contributed by atoms with Gasteiger partial charge in [0.1, 0.15) is 5.82 Å². The molecule has 0 saturated heterocycles. The molecule has 0 aliphatic rings. The van der Waals surface area contributed by atoms with Gasteiger partial charge in [-0.25, -0.2) is 4.98 Å². The van der Waals surface area contributed by atoms with Crippen molar-refractivity contribution in [1.82, 2.24) is 15.2 Å². The summed E-state index contributed by atoms with van der Waals surface area (Å²) < 4.78 is 10.5. The van der Waals surface area contributed by atoms with Gasteiger partial charge in [0.25, 0.3) is 0 Å². The second-order valence-corrected chi connectivity index (χ2v) is 6.60. The van der Waals surface area contributed by atoms with Crippen molar-refractivity contribution in [2.75, 3.05) is 25.3 Å². The maximum absolute atomic E-state index is 12.0. The zero-order chi connectivity index (χ0) is 19.8. The first kappa shape index (κ1) is 19.5. The maximum atomic E-state index is 12.0. The van der Waals surface area contributed by atoms with E-state index in [1.165, 1.54) is 11.8 Å². The van der Waals surface area contributed by atoms with Gasteiger partial charge in [0, 0.05) is 5.69 Å². The van der Waals surface area contributed by atoms with E-state index in [-0.39, 0.29) is 11.7 Å². The zero-order valence-electron chi connectivity index (χ0n) is 15.5. The van der Waals surface area contributed by atoms with Crippen LogP contribution in [-0.4, -0.2) is 41.1 Å². The number of hydrogen-bond acceptors (Lipinski definition) is 6. The average Bonchev–Trinajstić information content (AvgIpc) is 3.19. The van der Waals surface area contributed by atoms with Crippen LogP contribution in [0.5, 0.6) is 11.5 Å². The Kier molecular flexibility index (Phi) is 6.69. The van der Waals surface area contributed by atoms with E-state index in [1.807, 2.05) is 60.7 Å². The molecule has 0 fully saturated rings. The fourth-order valence-corrected chi connectivity index (χ4v) is 2.98. The van der Waals surface area contributed by atoms with Crippen molar-refractivity contribution in [3.63, 3.8) is 0 Å². The highest BCUT2D eigenvalue weighted by Crippen LogP contribution is 2.28. The van der Waals surface area contributed by atoms with Gasteiger partial charge in [0.15, 0.2) is 11.5 Å². The monoisotopic (exact) mass is 396 g/mol. The number of benzene rings is 2. The predicted molar refractivity (Wildman–Crippen MR) is 111 cm³/mol. The van der Waals surface area contributed by atoms with E-state index in [1.54, 1.807) is 14.2 Å². The summed E-state index contributed by atoms with van der Waals surface area (Å²) in [5.41, 5.74) is 1.70. The zero-order valence-corrected chi connectivity index (χ0v) is 16.3. The first-order valence-electron chi connectivity index (χ1n) is 8.48. The molecule has 28 heavy (non-hydrogen) atoms. The van der Waals surface area contributed by atoms with Crippen molar-refractivity contribution in [2.24, 2.45) is 0 Å². The summed E-state index contributed by atoms with van der Waals surface area (Å²) in [6, 6.07) is 14.9. The fraction of sp³-hybridized carbons (Fsp3) is 0.150. The van der Waals surface area contributed by atoms with E-state index in [4.69, 9.17) is 9.47 Å². The highest BCUT2D eigenvalue weighted by Gasteiger charge is 2.07. The number of anilines is 1. The number of hydrogen-bond donors (Lipinski definition) is 2. The highest BCUT2D eigenvalue weighted by molar-refractivity contribution is 7.99. The number of ether oxygens (including phenoxy) is 2. The minimum Gasteiger partial charge on any atom is -0.493 e. The molecule has 1 aromatic heterocycles. The number of methoxy groups -OCH3 is 2. The Hall–Kier alpha value is -3.26. The molecule has 7 nitrogen and oxygen atoms in total. The summed E-state index contributed by atoms with van der Waals surface area (Å²) in [5, 5.41) is 10.3. The molecule has 0 bridgehead atoms. The van der Waals surface area contributed by atoms with Gasteiger partial charge in [-0.1, -0.05) is 42.1 Å². The number of amides is 1. The van der Waals surface area contributed by atoms with E-state index in [2.05, 4.69) is 20.5 Å². The van der Waals surface area contributed by atoms with E-state index < -0.39 is 0 Å². The van der Waals surface area contributed by atoms with Crippen molar-refractivity contribution in [1.29, 1.82) is 0 Å². The molecule has 144 valence electrons. The first-order chi connectivity index (χ1) is 13.7. The quantitative estimate of drug-likeness (QED) is 0.564. The molecule has 2 N–H and O–H groups in total. The van der Waals surface area contributed by atoms with Gasteiger partial charge in [-0.2, -0.15) is 0 Å². The van der Waals surface area contributed by atoms with Crippen molar-refractivity contribution in [3.05, 3.63) is 59.9 Å². The lowest BCUT2D eigenvalue weighted by molar-refractivity contribution is -0.113. The smallest absolute Gasteiger partial charge is 0.234 e. The molecule has 0 aliphatic carbocycles. The van der Waals surface area contributed by atoms with Gasteiger partial charge in [-0.15, -0.1) is 5.10 Å². The van der Waals surface area contributed by atoms with Gasteiger partial charge < -0.3 is 14.8 Å². The van der Waals surface area contributed by atoms with Crippen LogP contribution in [0.25, 0.3) is 12.2 Å². The summed E-state index contributed by atoms with van der Waals surface area (Å²) in [4.78, 5) is 16.3. The molecule has 0 aliphatic heterocycles. The third kappa shape index (κ3) is 5.37. The maximum Gasteiger partial charge on any atom is 0.234 e. The van der Waals surface area contributed by atoms with Gasteiger partial charge in [-0.3, -0.25) is 9.89 Å². The van der Waals surface area contributed by atoms with Crippen molar-refractivity contribution in [2.45, 2.75) is 5.16 Å². The number of para-hydroxylation sites is 1. The van der Waals surface area contributed by atoms with Crippen LogP contribution in [0.15, 0.2) is 53.7 Å². The van der Waals surface area contributed by atoms with E-state index in [0.717, 1.165) is 11.3 Å². The van der Waals surface area contributed by atoms with Crippen LogP contribution in [0.1, 0.15) is 11.4 Å². The van der Waals surface area contributed by atoms with E-state index in [0.29, 0.717) is 22.5 Å². The molecule has 3 aromatic rings. The summed E-state index contributed by atoms with van der Waals surface area (Å²) in [7, 11) is 3.19. The average molecular weight is 396 g/mol. The normalized spacial score (nSPS) is 10.8. The Balaban J connectivity index is 1.55. The molecule has 3 rings (SSSR count). The molecule has 1 amide bonds. The Morgan fingerprint density at radius 2 is 1.89 bits per heavy atom. The Morgan fingerprint density at radius 3 is 2.64 bits per heavy atom. The molecular formula is C20H20N4O3S. The Morgan fingerprint density at radius 1 is 1.11 bits per heavy atom. The minimum absolute atomic E-state index is 0.108. The number of aromatic nitrogens is 3. The molecule has 0 saturated carbocycles. The molecule has 0 unspecified atom stereocenters. The molecule has 0 radical (unpaired) electrons. The van der Waals surface area contributed by atoms with Crippen LogP contribution in [0.2, 0.25) is 0 Å². The van der Waals surface area contributed by atoms with Crippen LogP contribution >= 0.6 is 11.8 Å². The summed E-state index contributed by atoms with van der Waals surface area (Å²) in [6.07, 6.45) is 3.70. The molecule has 8 heteroatoms. The molecular weight excluding hydrogens is 376 g/mol. The van der Waals surface area contributed by atoms with E-state index >= 15 is 0 Å². The Labute approximate surface area is 167 Å². The number of carbonyl (C=O) groups excluding carboxylic acids is 1. The van der Waals surface area contributed by atoms with Crippen LogP contribution in [0, 0.1) is 0 Å². The van der Waals surface area contributed by atoms with Crippen LogP contribution in [0.3, 0.4) is 0 Å². The second kappa shape index (κ2) is 9.61. The standard InChI is InChI=1S/C20H20N4O3S/c1-26-16-10-8-14(12-17(16)27-2)9-11-18-22-20(24-23-18)28-13-19(25)21-15-6-4-3-5-7-15/h3-12H,13H2,1-2H3,(H,21,25)(H,22,23,24)/b11-9+. The highest BCUT2D eigenvalue weighted by atomic mass is 32.2.